The van der Waals surface area contributed by atoms with Gasteiger partial charge in [0.2, 0.25) is 0 Å². The second-order valence-electron chi connectivity index (χ2n) is 6.36. The van der Waals surface area contributed by atoms with Crippen molar-refractivity contribution in [2.24, 2.45) is 5.41 Å². The minimum absolute atomic E-state index is 0.0968. The summed E-state index contributed by atoms with van der Waals surface area (Å²) in [7, 11) is 0. The highest BCUT2D eigenvalue weighted by atomic mass is 35.5. The maximum absolute atomic E-state index is 5.94. The van der Waals surface area contributed by atoms with E-state index in [4.69, 9.17) is 21.1 Å². The van der Waals surface area contributed by atoms with E-state index in [0.29, 0.717) is 18.2 Å². The van der Waals surface area contributed by atoms with Gasteiger partial charge in [-0.1, -0.05) is 32.4 Å². The van der Waals surface area contributed by atoms with Gasteiger partial charge in [0.25, 0.3) is 0 Å². The molecule has 0 unspecified atom stereocenters. The highest BCUT2D eigenvalue weighted by molar-refractivity contribution is 6.30. The number of hydrogen-bond acceptors (Lipinski definition) is 3. The third kappa shape index (κ3) is 5.32. The summed E-state index contributed by atoms with van der Waals surface area (Å²) in [5.74, 6) is 1.71. The number of imidazole rings is 1. The second-order valence-corrected chi connectivity index (χ2v) is 6.80. The Morgan fingerprint density at radius 2 is 2.09 bits per heavy atom. The average Bonchev–Trinajstić information content (AvgIpc) is 2.96. The number of ether oxygens (including phenoxy) is 2. The molecule has 0 aliphatic carbocycles. The molecule has 5 heteroatoms. The third-order valence-electron chi connectivity index (χ3n) is 3.27. The molecule has 0 amide bonds. The van der Waals surface area contributed by atoms with E-state index >= 15 is 0 Å². The summed E-state index contributed by atoms with van der Waals surface area (Å²) in [4.78, 5) is 4.04. The number of halogens is 1. The fourth-order valence-corrected chi connectivity index (χ4v) is 2.23. The molecular formula is C18H23ClN2O2. The fraction of sp³-hybridized carbons (Fsp3) is 0.389. The molecule has 0 spiro atoms. The molecule has 0 radical (unpaired) electrons. The maximum Gasteiger partial charge on any atom is 0.122 e. The fourth-order valence-electron chi connectivity index (χ4n) is 2.01. The molecule has 0 N–H and O–H groups in total. The van der Waals surface area contributed by atoms with E-state index in [9.17, 15) is 0 Å². The summed E-state index contributed by atoms with van der Waals surface area (Å²) >= 11 is 5.94. The molecule has 2 aromatic rings. The van der Waals surface area contributed by atoms with Gasteiger partial charge in [-0.05, 0) is 30.7 Å². The van der Waals surface area contributed by atoms with Gasteiger partial charge in [0.1, 0.15) is 24.7 Å². The van der Waals surface area contributed by atoms with Gasteiger partial charge in [-0.2, -0.15) is 0 Å². The standard InChI is InChI=1S/C18H23ClN2O2/c1-14-11-15(19)5-6-16(14)22-9-10-23-17(18(2,3)4)12-21-8-7-20-13-21/h5-8,11-13H,9-10H2,1-4H3. The minimum atomic E-state index is -0.0968. The lowest BCUT2D eigenvalue weighted by atomic mass is 9.94. The van der Waals surface area contributed by atoms with Crippen LogP contribution in [0.25, 0.3) is 6.20 Å². The van der Waals surface area contributed by atoms with Gasteiger partial charge >= 0.3 is 0 Å². The van der Waals surface area contributed by atoms with Crippen molar-refractivity contribution >= 4 is 17.8 Å². The van der Waals surface area contributed by atoms with Gasteiger partial charge in [-0.3, -0.25) is 0 Å². The van der Waals surface area contributed by atoms with Gasteiger partial charge in [-0.25, -0.2) is 4.98 Å². The maximum atomic E-state index is 5.94. The Morgan fingerprint density at radius 3 is 2.70 bits per heavy atom. The molecule has 2 rings (SSSR count). The van der Waals surface area contributed by atoms with Gasteiger partial charge < -0.3 is 14.0 Å². The molecule has 0 bridgehead atoms. The second kappa shape index (κ2) is 7.55. The van der Waals surface area contributed by atoms with Crippen LogP contribution in [0, 0.1) is 12.3 Å². The largest absolute Gasteiger partial charge is 0.492 e. The number of rotatable bonds is 6. The van der Waals surface area contributed by atoms with Crippen molar-refractivity contribution in [2.75, 3.05) is 13.2 Å². The van der Waals surface area contributed by atoms with Crippen molar-refractivity contribution in [3.8, 4) is 5.75 Å². The molecule has 1 heterocycles. The van der Waals surface area contributed by atoms with Crippen LogP contribution in [0.4, 0.5) is 0 Å². The zero-order chi connectivity index (χ0) is 16.9. The van der Waals surface area contributed by atoms with Crippen LogP contribution in [0.1, 0.15) is 26.3 Å². The summed E-state index contributed by atoms with van der Waals surface area (Å²) < 4.78 is 13.6. The lowest BCUT2D eigenvalue weighted by Crippen LogP contribution is -2.16. The van der Waals surface area contributed by atoms with E-state index in [1.165, 1.54) is 0 Å². The van der Waals surface area contributed by atoms with Crippen molar-refractivity contribution in [3.05, 3.63) is 53.3 Å². The summed E-state index contributed by atoms with van der Waals surface area (Å²) in [6.07, 6.45) is 7.30. The Hall–Kier alpha value is -1.94. The molecule has 0 fully saturated rings. The topological polar surface area (TPSA) is 36.3 Å². The molecule has 1 aromatic heterocycles. The minimum Gasteiger partial charge on any atom is -0.492 e. The molecule has 0 aliphatic rings. The van der Waals surface area contributed by atoms with E-state index in [0.717, 1.165) is 17.1 Å². The first-order valence-electron chi connectivity index (χ1n) is 7.58. The first kappa shape index (κ1) is 17.4. The predicted molar refractivity (Wildman–Crippen MR) is 93.6 cm³/mol. The first-order chi connectivity index (χ1) is 10.9. The van der Waals surface area contributed by atoms with Gasteiger partial charge in [0.05, 0.1) is 6.33 Å². The molecule has 23 heavy (non-hydrogen) atoms. The van der Waals surface area contributed by atoms with Crippen LogP contribution in [0.15, 0.2) is 42.7 Å². The Balaban J connectivity index is 1.92. The summed E-state index contributed by atoms with van der Waals surface area (Å²) in [6, 6.07) is 5.59. The molecule has 124 valence electrons. The average molecular weight is 335 g/mol. The number of allylic oxidation sites excluding steroid dienone is 1. The van der Waals surface area contributed by atoms with Crippen LogP contribution >= 0.6 is 11.6 Å². The summed E-state index contributed by atoms with van der Waals surface area (Å²) in [5.41, 5.74) is 0.919. The Morgan fingerprint density at radius 1 is 1.30 bits per heavy atom. The number of hydrogen-bond donors (Lipinski definition) is 0. The van der Waals surface area contributed by atoms with Crippen LogP contribution < -0.4 is 4.74 Å². The van der Waals surface area contributed by atoms with Crippen LogP contribution in [0.3, 0.4) is 0 Å². The van der Waals surface area contributed by atoms with Gasteiger partial charge in [-0.15, -0.1) is 0 Å². The molecule has 0 saturated carbocycles. The predicted octanol–water partition coefficient (Wildman–Crippen LogP) is 4.79. The number of aromatic nitrogens is 2. The van der Waals surface area contributed by atoms with Crippen LogP contribution in [0.2, 0.25) is 5.02 Å². The van der Waals surface area contributed by atoms with E-state index in [-0.39, 0.29) is 5.41 Å². The van der Waals surface area contributed by atoms with E-state index in [2.05, 4.69) is 25.8 Å². The number of aryl methyl sites for hydroxylation is 1. The van der Waals surface area contributed by atoms with Gasteiger partial charge in [0, 0.05) is 29.0 Å². The SMILES string of the molecule is Cc1cc(Cl)ccc1OCCOC(=Cn1ccnc1)C(C)(C)C. The van der Waals surface area contributed by atoms with E-state index in [1.54, 1.807) is 12.5 Å². The van der Waals surface area contributed by atoms with Crippen LogP contribution in [0.5, 0.6) is 5.75 Å². The molecule has 0 aliphatic heterocycles. The zero-order valence-corrected chi connectivity index (χ0v) is 14.8. The Bertz CT molecular complexity index is 658. The van der Waals surface area contributed by atoms with E-state index < -0.39 is 0 Å². The first-order valence-corrected chi connectivity index (χ1v) is 7.95. The highest BCUT2D eigenvalue weighted by Crippen LogP contribution is 2.27. The highest BCUT2D eigenvalue weighted by Gasteiger charge is 2.19. The Labute approximate surface area is 142 Å². The zero-order valence-electron chi connectivity index (χ0n) is 14.0. The van der Waals surface area contributed by atoms with E-state index in [1.807, 2.05) is 42.1 Å². The lowest BCUT2D eigenvalue weighted by Gasteiger charge is -2.23. The quantitative estimate of drug-likeness (QED) is 0.563. The monoisotopic (exact) mass is 334 g/mol. The van der Waals surface area contributed by atoms with Crippen molar-refractivity contribution in [3.63, 3.8) is 0 Å². The van der Waals surface area contributed by atoms with Crippen molar-refractivity contribution < 1.29 is 9.47 Å². The lowest BCUT2D eigenvalue weighted by molar-refractivity contribution is 0.119. The van der Waals surface area contributed by atoms with Crippen molar-refractivity contribution in [1.82, 2.24) is 9.55 Å². The number of nitrogens with zero attached hydrogens (tertiary/aromatic N) is 2. The molecule has 1 aromatic carbocycles. The molecule has 0 atom stereocenters. The third-order valence-corrected chi connectivity index (χ3v) is 3.50. The Kier molecular flexibility index (Phi) is 5.72. The smallest absolute Gasteiger partial charge is 0.122 e. The molecule has 0 saturated heterocycles. The normalized spacial score (nSPS) is 12.3. The summed E-state index contributed by atoms with van der Waals surface area (Å²) in [6.45, 7) is 9.25. The summed E-state index contributed by atoms with van der Waals surface area (Å²) in [5, 5.41) is 0.712. The van der Waals surface area contributed by atoms with Crippen LogP contribution in [-0.2, 0) is 4.74 Å². The van der Waals surface area contributed by atoms with Crippen molar-refractivity contribution in [2.45, 2.75) is 27.7 Å². The molecule has 4 nitrogen and oxygen atoms in total. The number of benzene rings is 1. The molecular weight excluding hydrogens is 312 g/mol. The van der Waals surface area contributed by atoms with Crippen LogP contribution in [-0.4, -0.2) is 22.8 Å². The van der Waals surface area contributed by atoms with Crippen molar-refractivity contribution in [1.29, 1.82) is 0 Å². The van der Waals surface area contributed by atoms with Gasteiger partial charge in [0.15, 0.2) is 0 Å².